The van der Waals surface area contributed by atoms with E-state index in [1.54, 1.807) is 0 Å². The summed E-state index contributed by atoms with van der Waals surface area (Å²) in [6.45, 7) is 1.98. The van der Waals surface area contributed by atoms with Crippen LogP contribution in [0.1, 0.15) is 44.1 Å². The first-order chi connectivity index (χ1) is 10.5. The van der Waals surface area contributed by atoms with Gasteiger partial charge in [-0.1, -0.05) is 62.2 Å². The molecule has 0 heterocycles. The molecule has 0 bridgehead atoms. The Hall–Kier alpha value is -1.39. The average molecular weight is 317 g/mol. The van der Waals surface area contributed by atoms with E-state index in [0.717, 1.165) is 36.6 Å². The van der Waals surface area contributed by atoms with Gasteiger partial charge in [-0.2, -0.15) is 0 Å². The fraction of sp³-hybridized carbons (Fsp3) is 0.444. The molecule has 1 N–H and O–H groups in total. The van der Waals surface area contributed by atoms with Crippen LogP contribution in [-0.4, -0.2) is 20.2 Å². The second kappa shape index (κ2) is 6.39. The summed E-state index contributed by atoms with van der Waals surface area (Å²) < 4.78 is 27.5. The Kier molecular flexibility index (Phi) is 4.50. The smallest absolute Gasteiger partial charge is 0.212 e. The van der Waals surface area contributed by atoms with Crippen LogP contribution in [0.15, 0.2) is 42.5 Å². The van der Waals surface area contributed by atoms with Gasteiger partial charge in [0.2, 0.25) is 10.0 Å². The molecule has 0 spiro atoms. The topological polar surface area (TPSA) is 46.2 Å². The Bertz CT molecular complexity index is 749. The zero-order chi connectivity index (χ0) is 15.6. The highest BCUT2D eigenvalue weighted by atomic mass is 32.2. The van der Waals surface area contributed by atoms with Crippen molar-refractivity contribution in [1.29, 1.82) is 0 Å². The summed E-state index contributed by atoms with van der Waals surface area (Å²) in [5.74, 6) is 0.144. The van der Waals surface area contributed by atoms with Gasteiger partial charge >= 0.3 is 0 Å². The van der Waals surface area contributed by atoms with Crippen LogP contribution in [0.3, 0.4) is 0 Å². The van der Waals surface area contributed by atoms with Gasteiger partial charge < -0.3 is 0 Å². The van der Waals surface area contributed by atoms with E-state index in [1.165, 1.54) is 5.39 Å². The molecule has 1 unspecified atom stereocenters. The molecule has 0 saturated heterocycles. The van der Waals surface area contributed by atoms with Gasteiger partial charge in [-0.05, 0) is 35.1 Å². The zero-order valence-corrected chi connectivity index (χ0v) is 13.8. The fourth-order valence-corrected chi connectivity index (χ4v) is 4.98. The van der Waals surface area contributed by atoms with Crippen LogP contribution in [0.2, 0.25) is 0 Å². The molecular weight excluding hydrogens is 294 g/mol. The zero-order valence-electron chi connectivity index (χ0n) is 13.0. The molecule has 1 aliphatic rings. The highest BCUT2D eigenvalue weighted by Gasteiger charge is 2.23. The van der Waals surface area contributed by atoms with Crippen molar-refractivity contribution >= 4 is 20.8 Å². The van der Waals surface area contributed by atoms with Crippen LogP contribution in [-0.2, 0) is 10.0 Å². The number of hydrogen-bond donors (Lipinski definition) is 1. The van der Waals surface area contributed by atoms with Crippen molar-refractivity contribution in [2.45, 2.75) is 44.6 Å². The lowest BCUT2D eigenvalue weighted by atomic mass is 9.99. The molecule has 0 radical (unpaired) electrons. The summed E-state index contributed by atoms with van der Waals surface area (Å²) in [6, 6.07) is 14.5. The lowest BCUT2D eigenvalue weighted by Gasteiger charge is -2.17. The van der Waals surface area contributed by atoms with Crippen molar-refractivity contribution in [2.75, 3.05) is 5.75 Å². The molecule has 1 saturated carbocycles. The molecule has 2 aromatic carbocycles. The predicted octanol–water partition coefficient (Wildman–Crippen LogP) is 3.81. The highest BCUT2D eigenvalue weighted by Crippen LogP contribution is 2.24. The Balaban J connectivity index is 1.72. The molecule has 1 atom stereocenters. The maximum atomic E-state index is 12.3. The SMILES string of the molecule is CC(CS(=O)(=O)NC1CCCC1)c1ccc2ccccc2c1. The fourth-order valence-electron chi connectivity index (χ4n) is 3.29. The van der Waals surface area contributed by atoms with Crippen molar-refractivity contribution in [3.63, 3.8) is 0 Å². The molecule has 1 fully saturated rings. The Labute approximate surface area is 132 Å². The van der Waals surface area contributed by atoms with E-state index < -0.39 is 10.0 Å². The molecule has 1 aliphatic carbocycles. The number of nitrogens with one attached hydrogen (secondary N) is 1. The molecule has 3 rings (SSSR count). The number of hydrogen-bond acceptors (Lipinski definition) is 2. The molecule has 4 heteroatoms. The first kappa shape index (κ1) is 15.5. The summed E-state index contributed by atoms with van der Waals surface area (Å²) in [5.41, 5.74) is 1.08. The third-order valence-corrected chi connectivity index (χ3v) is 6.14. The third kappa shape index (κ3) is 3.68. The van der Waals surface area contributed by atoms with E-state index in [4.69, 9.17) is 0 Å². The molecule has 3 nitrogen and oxygen atoms in total. The molecule has 0 amide bonds. The first-order valence-electron chi connectivity index (χ1n) is 8.02. The van der Waals surface area contributed by atoms with Crippen molar-refractivity contribution in [3.8, 4) is 0 Å². The second-order valence-electron chi connectivity index (χ2n) is 6.39. The third-order valence-electron chi connectivity index (χ3n) is 4.51. The minimum absolute atomic E-state index is 0.0106. The monoisotopic (exact) mass is 317 g/mol. The second-order valence-corrected chi connectivity index (χ2v) is 8.19. The number of rotatable bonds is 5. The van der Waals surface area contributed by atoms with Crippen LogP contribution in [0.4, 0.5) is 0 Å². The number of sulfonamides is 1. The summed E-state index contributed by atoms with van der Waals surface area (Å²) in [7, 11) is -3.22. The van der Waals surface area contributed by atoms with E-state index in [0.29, 0.717) is 0 Å². The number of benzene rings is 2. The summed E-state index contributed by atoms with van der Waals surface area (Å²) in [4.78, 5) is 0. The normalized spacial score (nSPS) is 17.9. The van der Waals surface area contributed by atoms with Crippen molar-refractivity contribution in [3.05, 3.63) is 48.0 Å². The van der Waals surface area contributed by atoms with E-state index in [1.807, 2.05) is 25.1 Å². The maximum Gasteiger partial charge on any atom is 0.212 e. The first-order valence-corrected chi connectivity index (χ1v) is 9.67. The summed E-state index contributed by atoms with van der Waals surface area (Å²) in [5, 5.41) is 2.35. The highest BCUT2D eigenvalue weighted by molar-refractivity contribution is 7.89. The van der Waals surface area contributed by atoms with E-state index >= 15 is 0 Å². The molecule has 0 aromatic heterocycles. The van der Waals surface area contributed by atoms with Gasteiger partial charge in [-0.25, -0.2) is 13.1 Å². The maximum absolute atomic E-state index is 12.3. The van der Waals surface area contributed by atoms with E-state index in [9.17, 15) is 8.42 Å². The standard InChI is InChI=1S/C18H23NO2S/c1-14(13-22(20,21)19-18-8-4-5-9-18)16-11-10-15-6-2-3-7-17(15)12-16/h2-3,6-7,10-12,14,18-19H,4-5,8-9,13H2,1H3. The van der Waals surface area contributed by atoms with Crippen LogP contribution in [0, 0.1) is 0 Å². The quantitative estimate of drug-likeness (QED) is 0.911. The summed E-state index contributed by atoms with van der Waals surface area (Å²) >= 11 is 0. The van der Waals surface area contributed by atoms with Gasteiger partial charge in [0, 0.05) is 6.04 Å². The lowest BCUT2D eigenvalue weighted by molar-refractivity contribution is 0.548. The molecule has 22 heavy (non-hydrogen) atoms. The van der Waals surface area contributed by atoms with Gasteiger partial charge in [-0.3, -0.25) is 0 Å². The Morgan fingerprint density at radius 3 is 2.50 bits per heavy atom. The van der Waals surface area contributed by atoms with Crippen molar-refractivity contribution in [2.24, 2.45) is 0 Å². The van der Waals surface area contributed by atoms with Gasteiger partial charge in [0.1, 0.15) is 0 Å². The Morgan fingerprint density at radius 1 is 1.09 bits per heavy atom. The molecule has 0 aliphatic heterocycles. The minimum atomic E-state index is -3.22. The van der Waals surface area contributed by atoms with Crippen molar-refractivity contribution < 1.29 is 8.42 Å². The van der Waals surface area contributed by atoms with Crippen LogP contribution < -0.4 is 4.72 Å². The van der Waals surface area contributed by atoms with Crippen molar-refractivity contribution in [1.82, 2.24) is 4.72 Å². The van der Waals surface area contributed by atoms with Gasteiger partial charge in [0.05, 0.1) is 5.75 Å². The molecular formula is C18H23NO2S. The lowest BCUT2D eigenvalue weighted by Crippen LogP contribution is -2.35. The Morgan fingerprint density at radius 2 is 1.77 bits per heavy atom. The molecule has 118 valence electrons. The van der Waals surface area contributed by atoms with Crippen LogP contribution >= 0.6 is 0 Å². The van der Waals surface area contributed by atoms with E-state index in [2.05, 4.69) is 29.0 Å². The molecule has 2 aromatic rings. The van der Waals surface area contributed by atoms with Crippen LogP contribution in [0.25, 0.3) is 10.8 Å². The summed E-state index contributed by atoms with van der Waals surface area (Å²) in [6.07, 6.45) is 4.22. The number of fused-ring (bicyclic) bond motifs is 1. The van der Waals surface area contributed by atoms with E-state index in [-0.39, 0.29) is 17.7 Å². The predicted molar refractivity (Wildman–Crippen MR) is 91.5 cm³/mol. The van der Waals surface area contributed by atoms with Gasteiger partial charge in [0.15, 0.2) is 0 Å². The van der Waals surface area contributed by atoms with Gasteiger partial charge in [0.25, 0.3) is 0 Å². The van der Waals surface area contributed by atoms with Crippen LogP contribution in [0.5, 0.6) is 0 Å². The van der Waals surface area contributed by atoms with Gasteiger partial charge in [-0.15, -0.1) is 0 Å². The largest absolute Gasteiger partial charge is 0.212 e. The average Bonchev–Trinajstić information content (AvgIpc) is 2.98. The minimum Gasteiger partial charge on any atom is -0.212 e.